The minimum absolute atomic E-state index is 0.103. The molecule has 0 radical (unpaired) electrons. The summed E-state index contributed by atoms with van der Waals surface area (Å²) in [5.41, 5.74) is 0.757. The zero-order valence-corrected chi connectivity index (χ0v) is 17.8. The van der Waals surface area contributed by atoms with Crippen molar-refractivity contribution in [2.45, 2.75) is 45.8 Å². The summed E-state index contributed by atoms with van der Waals surface area (Å²) < 4.78 is 19.2. The van der Waals surface area contributed by atoms with Crippen molar-refractivity contribution in [3.8, 4) is 0 Å². The van der Waals surface area contributed by atoms with Crippen LogP contribution in [0, 0.1) is 5.82 Å². The van der Waals surface area contributed by atoms with Crippen LogP contribution in [-0.4, -0.2) is 35.0 Å². The zero-order chi connectivity index (χ0) is 22.6. The molecule has 0 spiro atoms. The Balaban J connectivity index is 1.68. The lowest BCUT2D eigenvalue weighted by Crippen LogP contribution is -2.27. The maximum absolute atomic E-state index is 14.1. The van der Waals surface area contributed by atoms with E-state index in [0.29, 0.717) is 24.2 Å². The number of hydrogen-bond acceptors (Lipinski definition) is 4. The maximum atomic E-state index is 14.1. The first kappa shape index (κ1) is 22.3. The Labute approximate surface area is 180 Å². The van der Waals surface area contributed by atoms with Crippen molar-refractivity contribution in [3.05, 3.63) is 59.4 Å². The summed E-state index contributed by atoms with van der Waals surface area (Å²) >= 11 is 0. The van der Waals surface area contributed by atoms with Crippen LogP contribution >= 0.6 is 0 Å². The van der Waals surface area contributed by atoms with Crippen LogP contribution in [0.5, 0.6) is 0 Å². The minimum atomic E-state index is -0.793. The molecule has 1 aliphatic heterocycles. The van der Waals surface area contributed by atoms with Crippen molar-refractivity contribution in [2.75, 3.05) is 17.2 Å². The van der Waals surface area contributed by atoms with Crippen LogP contribution in [0.25, 0.3) is 0 Å². The molecule has 0 atom stereocenters. The molecule has 1 saturated heterocycles. The summed E-state index contributed by atoms with van der Waals surface area (Å²) in [4.78, 5) is 38.2. The molecule has 2 aromatic carbocycles. The molecular weight excluding hydrogens is 401 g/mol. The largest absolute Gasteiger partial charge is 0.444 e. The van der Waals surface area contributed by atoms with E-state index in [4.69, 9.17) is 4.74 Å². The lowest BCUT2D eigenvalue weighted by molar-refractivity contribution is -0.128. The summed E-state index contributed by atoms with van der Waals surface area (Å²) in [7, 11) is 0. The van der Waals surface area contributed by atoms with E-state index in [0.717, 1.165) is 24.6 Å². The maximum Gasteiger partial charge on any atom is 0.412 e. The third kappa shape index (κ3) is 6.28. The van der Waals surface area contributed by atoms with E-state index in [1.807, 2.05) is 6.07 Å². The molecule has 2 aromatic rings. The molecule has 3 amide bonds. The number of carbonyl (C=O) groups is 3. The molecule has 7 nitrogen and oxygen atoms in total. The Bertz CT molecular complexity index is 1000. The number of likely N-dealkylation sites (tertiary alicyclic amines) is 1. The standard InChI is InChI=1S/C23H26FN3O4/c1-23(2,3)31-22(30)26-19-13-17(9-10-18(19)24)25-21(29)16-7-4-6-15(12-16)14-27-11-5-8-20(27)28/h4,6-7,9-10,12-13H,5,8,11,14H2,1-3H3,(H,25,29)(H,26,30). The highest BCUT2D eigenvalue weighted by Crippen LogP contribution is 2.22. The predicted molar refractivity (Wildman–Crippen MR) is 115 cm³/mol. The van der Waals surface area contributed by atoms with Gasteiger partial charge < -0.3 is 15.0 Å². The summed E-state index contributed by atoms with van der Waals surface area (Å²) in [6.45, 7) is 6.28. The van der Waals surface area contributed by atoms with Gasteiger partial charge in [-0.1, -0.05) is 12.1 Å². The first-order valence-electron chi connectivity index (χ1n) is 10.1. The van der Waals surface area contributed by atoms with Gasteiger partial charge in [0.1, 0.15) is 11.4 Å². The first-order valence-corrected chi connectivity index (χ1v) is 10.1. The summed E-state index contributed by atoms with van der Waals surface area (Å²) in [5, 5.41) is 5.05. The molecule has 0 saturated carbocycles. The number of halogens is 1. The van der Waals surface area contributed by atoms with Gasteiger partial charge in [0.25, 0.3) is 5.91 Å². The number of ether oxygens (including phenoxy) is 1. The molecule has 31 heavy (non-hydrogen) atoms. The fourth-order valence-corrected chi connectivity index (χ4v) is 3.22. The minimum Gasteiger partial charge on any atom is -0.444 e. The quantitative estimate of drug-likeness (QED) is 0.733. The third-order valence-corrected chi connectivity index (χ3v) is 4.59. The average molecular weight is 427 g/mol. The Morgan fingerprint density at radius 1 is 1.13 bits per heavy atom. The van der Waals surface area contributed by atoms with Crippen molar-refractivity contribution >= 4 is 29.3 Å². The van der Waals surface area contributed by atoms with Gasteiger partial charge in [0.2, 0.25) is 5.91 Å². The number of anilines is 2. The van der Waals surface area contributed by atoms with Gasteiger partial charge in [-0.05, 0) is 63.1 Å². The van der Waals surface area contributed by atoms with Crippen LogP contribution in [0.15, 0.2) is 42.5 Å². The van der Waals surface area contributed by atoms with Crippen molar-refractivity contribution < 1.29 is 23.5 Å². The van der Waals surface area contributed by atoms with Crippen LogP contribution < -0.4 is 10.6 Å². The number of hydrogen-bond donors (Lipinski definition) is 2. The lowest BCUT2D eigenvalue weighted by atomic mass is 10.1. The van der Waals surface area contributed by atoms with Crippen molar-refractivity contribution in [3.63, 3.8) is 0 Å². The Morgan fingerprint density at radius 2 is 1.90 bits per heavy atom. The van der Waals surface area contributed by atoms with Gasteiger partial charge in [0, 0.05) is 30.8 Å². The summed E-state index contributed by atoms with van der Waals surface area (Å²) in [6, 6.07) is 10.9. The Hall–Kier alpha value is -3.42. The van der Waals surface area contributed by atoms with E-state index < -0.39 is 17.5 Å². The van der Waals surface area contributed by atoms with E-state index in [-0.39, 0.29) is 17.5 Å². The molecule has 2 N–H and O–H groups in total. The number of nitrogens with one attached hydrogen (secondary N) is 2. The molecule has 164 valence electrons. The fourth-order valence-electron chi connectivity index (χ4n) is 3.22. The molecule has 0 aliphatic carbocycles. The van der Waals surface area contributed by atoms with Crippen LogP contribution in [0.2, 0.25) is 0 Å². The SMILES string of the molecule is CC(C)(C)OC(=O)Nc1cc(NC(=O)c2cccc(CN3CCCC3=O)c2)ccc1F. The van der Waals surface area contributed by atoms with Gasteiger partial charge in [0.05, 0.1) is 5.69 Å². The molecule has 8 heteroatoms. The average Bonchev–Trinajstić information content (AvgIpc) is 3.07. The van der Waals surface area contributed by atoms with Gasteiger partial charge in [-0.15, -0.1) is 0 Å². The molecule has 3 rings (SSSR count). The van der Waals surface area contributed by atoms with E-state index >= 15 is 0 Å². The highest BCUT2D eigenvalue weighted by molar-refractivity contribution is 6.04. The molecule has 0 aromatic heterocycles. The number of amides is 3. The summed E-state index contributed by atoms with van der Waals surface area (Å²) in [6.07, 6.45) is 0.618. The third-order valence-electron chi connectivity index (χ3n) is 4.59. The molecular formula is C23H26FN3O4. The zero-order valence-electron chi connectivity index (χ0n) is 17.8. The van der Waals surface area contributed by atoms with Gasteiger partial charge in [0.15, 0.2) is 0 Å². The second kappa shape index (κ2) is 9.16. The molecule has 1 aliphatic rings. The van der Waals surface area contributed by atoms with E-state index in [2.05, 4.69) is 10.6 Å². The second-order valence-corrected chi connectivity index (χ2v) is 8.39. The summed E-state index contributed by atoms with van der Waals surface area (Å²) in [5.74, 6) is -0.920. The number of carbonyl (C=O) groups excluding carboxylic acids is 3. The Morgan fingerprint density at radius 3 is 2.58 bits per heavy atom. The number of benzene rings is 2. The fraction of sp³-hybridized carbons (Fsp3) is 0.348. The van der Waals surface area contributed by atoms with Crippen molar-refractivity contribution in [2.24, 2.45) is 0 Å². The highest BCUT2D eigenvalue weighted by Gasteiger charge is 2.21. The molecule has 0 unspecified atom stereocenters. The van der Waals surface area contributed by atoms with Crippen LogP contribution in [-0.2, 0) is 16.1 Å². The monoisotopic (exact) mass is 427 g/mol. The van der Waals surface area contributed by atoms with Crippen LogP contribution in [0.1, 0.15) is 49.5 Å². The van der Waals surface area contributed by atoms with Gasteiger partial charge in [-0.2, -0.15) is 0 Å². The van der Waals surface area contributed by atoms with Crippen LogP contribution in [0.4, 0.5) is 20.6 Å². The van der Waals surface area contributed by atoms with Gasteiger partial charge >= 0.3 is 6.09 Å². The number of rotatable bonds is 5. The highest BCUT2D eigenvalue weighted by atomic mass is 19.1. The topological polar surface area (TPSA) is 87.7 Å². The smallest absolute Gasteiger partial charge is 0.412 e. The van der Waals surface area contributed by atoms with Crippen molar-refractivity contribution in [1.82, 2.24) is 4.90 Å². The molecule has 1 heterocycles. The first-order chi connectivity index (χ1) is 14.6. The normalized spacial score (nSPS) is 13.8. The van der Waals surface area contributed by atoms with E-state index in [9.17, 15) is 18.8 Å². The lowest BCUT2D eigenvalue weighted by Gasteiger charge is -2.20. The second-order valence-electron chi connectivity index (χ2n) is 8.39. The molecule has 1 fully saturated rings. The Kier molecular flexibility index (Phi) is 6.58. The van der Waals surface area contributed by atoms with Gasteiger partial charge in [-0.25, -0.2) is 9.18 Å². The molecule has 0 bridgehead atoms. The van der Waals surface area contributed by atoms with Gasteiger partial charge in [-0.3, -0.25) is 14.9 Å². The van der Waals surface area contributed by atoms with E-state index in [1.54, 1.807) is 43.9 Å². The van der Waals surface area contributed by atoms with Crippen molar-refractivity contribution in [1.29, 1.82) is 0 Å². The van der Waals surface area contributed by atoms with Crippen LogP contribution in [0.3, 0.4) is 0 Å². The predicted octanol–water partition coefficient (Wildman–Crippen LogP) is 4.55. The van der Waals surface area contributed by atoms with E-state index in [1.165, 1.54) is 12.1 Å². The number of nitrogens with zero attached hydrogens (tertiary/aromatic N) is 1.